The van der Waals surface area contributed by atoms with Gasteiger partial charge in [0.15, 0.2) is 0 Å². The molecule has 1 unspecified atom stereocenters. The fraction of sp³-hybridized carbons (Fsp3) is 0.312. The summed E-state index contributed by atoms with van der Waals surface area (Å²) in [5.74, 6) is -0.0803. The predicted molar refractivity (Wildman–Crippen MR) is 86.2 cm³/mol. The normalized spacial score (nSPS) is 11.9. The van der Waals surface area contributed by atoms with Crippen molar-refractivity contribution in [2.75, 3.05) is 25.0 Å². The van der Waals surface area contributed by atoms with Crippen LogP contribution >= 0.6 is 11.6 Å². The van der Waals surface area contributed by atoms with Crippen LogP contribution in [0.25, 0.3) is 0 Å². The summed E-state index contributed by atoms with van der Waals surface area (Å²) < 4.78 is 0. The van der Waals surface area contributed by atoms with Crippen LogP contribution < -0.4 is 5.32 Å². The van der Waals surface area contributed by atoms with E-state index in [2.05, 4.69) is 23.4 Å². The molecule has 0 saturated carbocycles. The summed E-state index contributed by atoms with van der Waals surface area (Å²) in [4.78, 5) is 13.1. The van der Waals surface area contributed by atoms with Gasteiger partial charge in [0.1, 0.15) is 0 Å². The van der Waals surface area contributed by atoms with Crippen molar-refractivity contribution in [2.45, 2.75) is 12.3 Å². The number of nitrogens with one attached hydrogen (secondary N) is 1. The van der Waals surface area contributed by atoms with E-state index in [1.54, 1.807) is 0 Å². The van der Waals surface area contributed by atoms with Crippen molar-refractivity contribution in [3.05, 3.63) is 55.1 Å². The van der Waals surface area contributed by atoms with E-state index < -0.39 is 0 Å². The highest BCUT2D eigenvalue weighted by Gasteiger charge is 2.12. The molecule has 1 rings (SSSR count). The summed E-state index contributed by atoms with van der Waals surface area (Å²) in [7, 11) is 0. The van der Waals surface area contributed by atoms with Crippen LogP contribution in [0.15, 0.2) is 49.6 Å². The fourth-order valence-corrected chi connectivity index (χ4v) is 2.24. The molecule has 4 heteroatoms. The number of carbonyl (C=O) groups is 1. The lowest BCUT2D eigenvalue weighted by Gasteiger charge is -2.22. The van der Waals surface area contributed by atoms with Gasteiger partial charge in [-0.1, -0.05) is 24.3 Å². The molecule has 1 aromatic rings. The molecule has 0 bridgehead atoms. The lowest BCUT2D eigenvalue weighted by molar-refractivity contribution is -0.114. The molecule has 0 fully saturated rings. The minimum absolute atomic E-state index is 0.0803. The van der Waals surface area contributed by atoms with Gasteiger partial charge in [-0.2, -0.15) is 0 Å². The molecule has 1 N–H and O–H groups in total. The Balaban J connectivity index is 2.65. The molecule has 3 nitrogen and oxygen atoms in total. The molecule has 0 aliphatic rings. The number of nitrogens with zero attached hydrogens (tertiary/aromatic N) is 1. The van der Waals surface area contributed by atoms with Crippen LogP contribution in [-0.2, 0) is 4.79 Å². The zero-order valence-electron chi connectivity index (χ0n) is 11.8. The maximum Gasteiger partial charge on any atom is 0.221 e. The molecule has 0 aliphatic heterocycles. The molecular formula is C16H21ClN2O. The van der Waals surface area contributed by atoms with Gasteiger partial charge in [0.25, 0.3) is 0 Å². The molecule has 1 aromatic carbocycles. The summed E-state index contributed by atoms with van der Waals surface area (Å²) in [6, 6.07) is 7.58. The van der Waals surface area contributed by atoms with Gasteiger partial charge in [-0.25, -0.2) is 0 Å². The number of rotatable bonds is 8. The predicted octanol–water partition coefficient (Wildman–Crippen LogP) is 3.60. The Morgan fingerprint density at radius 2 is 1.85 bits per heavy atom. The lowest BCUT2D eigenvalue weighted by atomic mass is 10.1. The molecule has 0 saturated heterocycles. The number of benzene rings is 1. The van der Waals surface area contributed by atoms with Gasteiger partial charge in [-0.05, 0) is 17.7 Å². The Bertz CT molecular complexity index is 446. The lowest BCUT2D eigenvalue weighted by Crippen LogP contribution is -2.27. The van der Waals surface area contributed by atoms with Crippen molar-refractivity contribution in [2.24, 2.45) is 0 Å². The van der Waals surface area contributed by atoms with Crippen LogP contribution in [0.2, 0.25) is 0 Å². The van der Waals surface area contributed by atoms with Gasteiger partial charge in [0.2, 0.25) is 5.91 Å². The number of hydrogen-bond donors (Lipinski definition) is 1. The van der Waals surface area contributed by atoms with E-state index in [1.165, 1.54) is 6.92 Å². The van der Waals surface area contributed by atoms with Gasteiger partial charge >= 0.3 is 0 Å². The minimum atomic E-state index is -0.110. The molecule has 0 radical (unpaired) electrons. The quantitative estimate of drug-likeness (QED) is 0.586. The Morgan fingerprint density at radius 1 is 1.30 bits per heavy atom. The third-order valence-electron chi connectivity index (χ3n) is 2.79. The van der Waals surface area contributed by atoms with E-state index in [-0.39, 0.29) is 11.3 Å². The van der Waals surface area contributed by atoms with E-state index in [9.17, 15) is 4.79 Å². The molecular weight excluding hydrogens is 272 g/mol. The molecule has 0 aliphatic carbocycles. The molecule has 0 spiro atoms. The summed E-state index contributed by atoms with van der Waals surface area (Å²) >= 11 is 6.43. The monoisotopic (exact) mass is 292 g/mol. The second kappa shape index (κ2) is 8.56. The van der Waals surface area contributed by atoms with Crippen molar-refractivity contribution >= 4 is 23.2 Å². The SMILES string of the molecule is C=CCN(CC=C)CC(Cl)c1ccc(NC(C)=O)cc1. The second-order valence-electron chi connectivity index (χ2n) is 4.57. The van der Waals surface area contributed by atoms with Crippen LogP contribution in [0.1, 0.15) is 17.9 Å². The maximum atomic E-state index is 11.0. The van der Waals surface area contributed by atoms with Crippen molar-refractivity contribution in [3.63, 3.8) is 0 Å². The molecule has 0 aromatic heterocycles. The van der Waals surface area contributed by atoms with Gasteiger partial charge in [0.05, 0.1) is 5.38 Å². The van der Waals surface area contributed by atoms with Crippen LogP contribution in [0.3, 0.4) is 0 Å². The topological polar surface area (TPSA) is 32.3 Å². The largest absolute Gasteiger partial charge is 0.326 e. The van der Waals surface area contributed by atoms with Crippen molar-refractivity contribution < 1.29 is 4.79 Å². The van der Waals surface area contributed by atoms with E-state index in [0.29, 0.717) is 0 Å². The Morgan fingerprint density at radius 3 is 2.30 bits per heavy atom. The summed E-state index contributed by atoms with van der Waals surface area (Å²) in [5.41, 5.74) is 1.80. The first-order valence-corrected chi connectivity index (χ1v) is 6.96. The zero-order valence-corrected chi connectivity index (χ0v) is 12.6. The molecule has 20 heavy (non-hydrogen) atoms. The van der Waals surface area contributed by atoms with Crippen molar-refractivity contribution in [3.8, 4) is 0 Å². The van der Waals surface area contributed by atoms with Crippen molar-refractivity contribution in [1.29, 1.82) is 0 Å². The number of anilines is 1. The van der Waals surface area contributed by atoms with Gasteiger partial charge in [-0.3, -0.25) is 9.69 Å². The average molecular weight is 293 g/mol. The summed E-state index contributed by atoms with van der Waals surface area (Å²) in [6.07, 6.45) is 3.71. The molecule has 108 valence electrons. The van der Waals surface area contributed by atoms with Crippen LogP contribution in [0.5, 0.6) is 0 Å². The first-order valence-electron chi connectivity index (χ1n) is 6.52. The van der Waals surface area contributed by atoms with E-state index in [4.69, 9.17) is 11.6 Å². The standard InChI is InChI=1S/C16H21ClN2O/c1-4-10-19(11-5-2)12-16(17)14-6-8-15(9-7-14)18-13(3)20/h4-9,16H,1-2,10-12H2,3H3,(H,18,20). The smallest absolute Gasteiger partial charge is 0.221 e. The number of hydrogen-bond acceptors (Lipinski definition) is 2. The second-order valence-corrected chi connectivity index (χ2v) is 5.09. The number of alkyl halides is 1. The van der Waals surface area contributed by atoms with Gasteiger partial charge < -0.3 is 5.32 Å². The number of halogens is 1. The summed E-state index contributed by atoms with van der Waals surface area (Å²) in [5, 5.41) is 2.62. The average Bonchev–Trinajstić information content (AvgIpc) is 2.39. The Kier molecular flexibility index (Phi) is 7.05. The van der Waals surface area contributed by atoms with Crippen LogP contribution in [-0.4, -0.2) is 30.4 Å². The highest BCUT2D eigenvalue weighted by molar-refractivity contribution is 6.21. The Labute approximate surface area is 125 Å². The minimum Gasteiger partial charge on any atom is -0.326 e. The first kappa shape index (κ1) is 16.5. The highest BCUT2D eigenvalue weighted by atomic mass is 35.5. The van der Waals surface area contributed by atoms with E-state index in [1.807, 2.05) is 36.4 Å². The Hall–Kier alpha value is -1.58. The third-order valence-corrected chi connectivity index (χ3v) is 3.18. The maximum absolute atomic E-state index is 11.0. The molecule has 1 amide bonds. The van der Waals surface area contributed by atoms with Gasteiger partial charge in [0, 0.05) is 32.2 Å². The van der Waals surface area contributed by atoms with E-state index >= 15 is 0 Å². The number of amides is 1. The van der Waals surface area contributed by atoms with E-state index in [0.717, 1.165) is 30.9 Å². The fourth-order valence-electron chi connectivity index (χ4n) is 1.90. The van der Waals surface area contributed by atoms with Crippen LogP contribution in [0, 0.1) is 0 Å². The molecule has 1 atom stereocenters. The molecule has 0 heterocycles. The van der Waals surface area contributed by atoms with Gasteiger partial charge in [-0.15, -0.1) is 24.8 Å². The summed E-state index contributed by atoms with van der Waals surface area (Å²) in [6.45, 7) is 11.2. The number of carbonyl (C=O) groups excluding carboxylic acids is 1. The van der Waals surface area contributed by atoms with Crippen LogP contribution in [0.4, 0.5) is 5.69 Å². The highest BCUT2D eigenvalue weighted by Crippen LogP contribution is 2.23. The van der Waals surface area contributed by atoms with Crippen molar-refractivity contribution in [1.82, 2.24) is 4.90 Å². The zero-order chi connectivity index (χ0) is 15.0. The first-order chi connectivity index (χ1) is 9.56. The third kappa shape index (κ3) is 5.59.